The van der Waals surface area contributed by atoms with Gasteiger partial charge in [-0.3, -0.25) is 0 Å². The molecule has 2 aromatic carbocycles. The molecule has 0 aliphatic carbocycles. The molecule has 114 valence electrons. The summed E-state index contributed by atoms with van der Waals surface area (Å²) < 4.78 is 5.94. The molecule has 0 saturated heterocycles. The van der Waals surface area contributed by atoms with Crippen molar-refractivity contribution in [2.75, 3.05) is 27.7 Å². The smallest absolute Gasteiger partial charge is 0.179 e. The van der Waals surface area contributed by atoms with E-state index >= 15 is 0 Å². The highest BCUT2D eigenvalue weighted by atomic mass is 16.5. The number of rotatable bonds is 5. The molecule has 2 aromatic rings. The molecule has 0 amide bonds. The first kappa shape index (κ1) is 16.3. The van der Waals surface area contributed by atoms with Crippen molar-refractivity contribution in [1.82, 2.24) is 0 Å². The van der Waals surface area contributed by atoms with Crippen LogP contribution < -0.4 is 4.90 Å². The average Bonchev–Trinajstić information content (AvgIpc) is 2.57. The first-order valence-corrected chi connectivity index (χ1v) is 7.64. The van der Waals surface area contributed by atoms with Gasteiger partial charge in [-0.1, -0.05) is 72.5 Å². The Hall–Kier alpha value is -2.08. The van der Waals surface area contributed by atoms with E-state index in [0.717, 1.165) is 24.1 Å². The summed E-state index contributed by atoms with van der Waals surface area (Å²) >= 11 is 0. The maximum atomic E-state index is 5.94. The highest BCUT2D eigenvalue weighted by molar-refractivity contribution is 5.44. The van der Waals surface area contributed by atoms with Gasteiger partial charge in [0.15, 0.2) is 5.60 Å². The second-order valence-corrected chi connectivity index (χ2v) is 5.63. The number of hydrogen-bond acceptors (Lipinski definition) is 1. The van der Waals surface area contributed by atoms with E-state index in [-0.39, 0.29) is 0 Å². The number of methoxy groups -OCH3 is 1. The number of quaternary nitrogens is 1. The maximum absolute atomic E-state index is 5.94. The zero-order valence-corrected chi connectivity index (χ0v) is 13.6. The summed E-state index contributed by atoms with van der Waals surface area (Å²) in [5.41, 5.74) is 1.42. The fraction of sp³-hybridized carbons (Fsp3) is 0.300. The lowest BCUT2D eigenvalue weighted by Gasteiger charge is -2.28. The lowest BCUT2D eigenvalue weighted by atomic mass is 9.86. The van der Waals surface area contributed by atoms with Gasteiger partial charge in [-0.05, 0) is 0 Å². The Morgan fingerprint density at radius 1 is 0.909 bits per heavy atom. The van der Waals surface area contributed by atoms with Crippen molar-refractivity contribution in [3.05, 3.63) is 71.8 Å². The summed E-state index contributed by atoms with van der Waals surface area (Å²) in [6.07, 6.45) is 0.854. The van der Waals surface area contributed by atoms with Crippen LogP contribution in [0.15, 0.2) is 60.7 Å². The van der Waals surface area contributed by atoms with Gasteiger partial charge in [0.2, 0.25) is 0 Å². The maximum Gasteiger partial charge on any atom is 0.179 e. The molecule has 2 rings (SSSR count). The van der Waals surface area contributed by atoms with Crippen LogP contribution in [0, 0.1) is 11.8 Å². The fourth-order valence-corrected chi connectivity index (χ4v) is 2.44. The number of ether oxygens (including phenoxy) is 1. The van der Waals surface area contributed by atoms with Crippen LogP contribution in [0.2, 0.25) is 0 Å². The van der Waals surface area contributed by atoms with Crippen LogP contribution in [0.25, 0.3) is 0 Å². The Morgan fingerprint density at radius 3 is 1.82 bits per heavy atom. The second-order valence-electron chi connectivity index (χ2n) is 5.63. The molecule has 0 saturated carbocycles. The third-order valence-electron chi connectivity index (χ3n) is 3.68. The van der Waals surface area contributed by atoms with E-state index in [1.165, 1.54) is 4.90 Å². The van der Waals surface area contributed by atoms with Crippen LogP contribution >= 0.6 is 0 Å². The first-order chi connectivity index (χ1) is 10.7. The summed E-state index contributed by atoms with van der Waals surface area (Å²) in [6.45, 7) is 1.02. The van der Waals surface area contributed by atoms with Crippen molar-refractivity contribution in [3.8, 4) is 11.8 Å². The summed E-state index contributed by atoms with van der Waals surface area (Å²) in [5, 5.41) is 0. The Kier molecular flexibility index (Phi) is 5.77. The van der Waals surface area contributed by atoms with E-state index in [4.69, 9.17) is 4.74 Å². The molecule has 0 aromatic heterocycles. The lowest BCUT2D eigenvalue weighted by Crippen LogP contribution is -3.05. The summed E-state index contributed by atoms with van der Waals surface area (Å²) in [5.74, 6) is 6.70. The molecule has 0 heterocycles. The van der Waals surface area contributed by atoms with Gasteiger partial charge in [-0.25, -0.2) is 0 Å². The molecule has 0 radical (unpaired) electrons. The van der Waals surface area contributed by atoms with Gasteiger partial charge in [0.25, 0.3) is 0 Å². The Labute approximate surface area is 133 Å². The zero-order chi connectivity index (χ0) is 15.8. The highest BCUT2D eigenvalue weighted by Crippen LogP contribution is 2.32. The molecule has 0 fully saturated rings. The third kappa shape index (κ3) is 3.76. The van der Waals surface area contributed by atoms with E-state index in [0.29, 0.717) is 0 Å². The van der Waals surface area contributed by atoms with Crippen LogP contribution in [-0.2, 0) is 10.3 Å². The molecule has 2 nitrogen and oxygen atoms in total. The van der Waals surface area contributed by atoms with E-state index in [2.05, 4.69) is 50.2 Å². The Morgan fingerprint density at radius 2 is 1.41 bits per heavy atom. The Balaban J connectivity index is 2.44. The van der Waals surface area contributed by atoms with Crippen LogP contribution in [0.1, 0.15) is 17.5 Å². The van der Waals surface area contributed by atoms with Crippen LogP contribution in [0.3, 0.4) is 0 Å². The van der Waals surface area contributed by atoms with Gasteiger partial charge in [-0.15, -0.1) is 0 Å². The minimum atomic E-state index is -0.704. The molecule has 2 heteroatoms. The summed E-state index contributed by atoms with van der Waals surface area (Å²) in [7, 11) is 6.01. The molecule has 0 aliphatic heterocycles. The standard InChI is InChI=1S/C20H23NO/c1-21(2)17-11-10-16-20(22-3,18-12-6-4-7-13-18)19-14-8-5-9-15-19/h4-9,12-15H,11,17H2,1-3H3/p+1. The van der Waals surface area contributed by atoms with Crippen LogP contribution in [0.4, 0.5) is 0 Å². The van der Waals surface area contributed by atoms with Crippen LogP contribution in [0.5, 0.6) is 0 Å². The summed E-state index contributed by atoms with van der Waals surface area (Å²) in [4.78, 5) is 1.40. The van der Waals surface area contributed by atoms with Gasteiger partial charge in [0.05, 0.1) is 27.1 Å². The van der Waals surface area contributed by atoms with E-state index in [1.807, 2.05) is 36.4 Å². The average molecular weight is 294 g/mol. The predicted octanol–water partition coefficient (Wildman–Crippen LogP) is 2.11. The monoisotopic (exact) mass is 294 g/mol. The molecule has 0 aliphatic rings. The van der Waals surface area contributed by atoms with Gasteiger partial charge in [0, 0.05) is 18.2 Å². The van der Waals surface area contributed by atoms with E-state index < -0.39 is 5.60 Å². The van der Waals surface area contributed by atoms with Gasteiger partial charge >= 0.3 is 0 Å². The van der Waals surface area contributed by atoms with Crippen molar-refractivity contribution in [3.63, 3.8) is 0 Å². The molecule has 0 spiro atoms. The van der Waals surface area contributed by atoms with Crippen molar-refractivity contribution in [2.24, 2.45) is 0 Å². The number of hydrogen-bond donors (Lipinski definition) is 1. The van der Waals surface area contributed by atoms with Crippen molar-refractivity contribution >= 4 is 0 Å². The van der Waals surface area contributed by atoms with E-state index in [1.54, 1.807) is 7.11 Å². The van der Waals surface area contributed by atoms with Crippen molar-refractivity contribution < 1.29 is 9.64 Å². The van der Waals surface area contributed by atoms with Gasteiger partial charge in [0.1, 0.15) is 0 Å². The fourth-order valence-electron chi connectivity index (χ4n) is 2.44. The normalized spacial score (nSPS) is 11.1. The quantitative estimate of drug-likeness (QED) is 0.834. The first-order valence-electron chi connectivity index (χ1n) is 7.64. The van der Waals surface area contributed by atoms with E-state index in [9.17, 15) is 0 Å². The molecule has 0 bridgehead atoms. The lowest BCUT2D eigenvalue weighted by molar-refractivity contribution is -0.857. The predicted molar refractivity (Wildman–Crippen MR) is 90.7 cm³/mol. The van der Waals surface area contributed by atoms with Gasteiger partial charge < -0.3 is 9.64 Å². The molecule has 1 N–H and O–H groups in total. The minimum Gasteiger partial charge on any atom is -0.357 e. The van der Waals surface area contributed by atoms with Gasteiger partial charge in [-0.2, -0.15) is 0 Å². The summed E-state index contributed by atoms with van der Waals surface area (Å²) in [6, 6.07) is 20.4. The molecule has 0 unspecified atom stereocenters. The highest BCUT2D eigenvalue weighted by Gasteiger charge is 2.32. The molecular formula is C20H24NO+. The second kappa shape index (κ2) is 7.79. The zero-order valence-electron chi connectivity index (χ0n) is 13.6. The van der Waals surface area contributed by atoms with Crippen molar-refractivity contribution in [1.29, 1.82) is 0 Å². The third-order valence-corrected chi connectivity index (χ3v) is 3.68. The van der Waals surface area contributed by atoms with Crippen LogP contribution in [-0.4, -0.2) is 27.7 Å². The van der Waals surface area contributed by atoms with Crippen molar-refractivity contribution in [2.45, 2.75) is 12.0 Å². The minimum absolute atomic E-state index is 0.704. The largest absolute Gasteiger partial charge is 0.357 e. The molecule has 0 atom stereocenters. The number of benzene rings is 2. The topological polar surface area (TPSA) is 13.7 Å². The number of nitrogens with one attached hydrogen (secondary N) is 1. The molecule has 22 heavy (non-hydrogen) atoms. The Bertz CT molecular complexity index is 584. The molecular weight excluding hydrogens is 270 g/mol. The SMILES string of the molecule is COC(C#CCC[NH+](C)C)(c1ccccc1)c1ccccc1.